The molecule has 1 aliphatic heterocycles. The Hall–Kier alpha value is -2.86. The topological polar surface area (TPSA) is 95.7 Å². The minimum atomic E-state index is -0.870. The molecule has 176 valence electrons. The van der Waals surface area contributed by atoms with Crippen LogP contribution in [0.3, 0.4) is 0 Å². The average Bonchev–Trinajstić information content (AvgIpc) is 2.95. The molecule has 33 heavy (non-hydrogen) atoms. The van der Waals surface area contributed by atoms with E-state index in [9.17, 15) is 14.7 Å². The predicted octanol–water partition coefficient (Wildman–Crippen LogP) is 4.52. The van der Waals surface area contributed by atoms with E-state index in [0.717, 1.165) is 29.7 Å². The molecular weight excluding hydrogens is 414 g/mol. The lowest BCUT2D eigenvalue weighted by Crippen LogP contribution is -2.51. The van der Waals surface area contributed by atoms with E-state index in [-0.39, 0.29) is 5.91 Å². The van der Waals surface area contributed by atoms with Gasteiger partial charge in [0.15, 0.2) is 0 Å². The van der Waals surface area contributed by atoms with E-state index in [1.807, 2.05) is 42.5 Å². The number of hydrogen-bond donors (Lipinski definition) is 3. The summed E-state index contributed by atoms with van der Waals surface area (Å²) in [6.07, 6.45) is 8.95. The van der Waals surface area contributed by atoms with Gasteiger partial charge >= 0.3 is 5.97 Å². The molecule has 1 amide bonds. The third-order valence-electron chi connectivity index (χ3n) is 7.16. The van der Waals surface area contributed by atoms with Crippen LogP contribution in [-0.2, 0) is 22.6 Å². The molecule has 4 N–H and O–H groups in total. The number of aryl methyl sites for hydroxylation is 1. The second kappa shape index (κ2) is 10.8. The maximum atomic E-state index is 13.7. The van der Waals surface area contributed by atoms with Crippen molar-refractivity contribution in [1.29, 1.82) is 0 Å². The molecule has 0 saturated heterocycles. The highest BCUT2D eigenvalue weighted by Gasteiger charge is 2.33. The third-order valence-corrected chi connectivity index (χ3v) is 7.16. The van der Waals surface area contributed by atoms with Gasteiger partial charge in [0.2, 0.25) is 5.91 Å². The van der Waals surface area contributed by atoms with Gasteiger partial charge in [-0.15, -0.1) is 0 Å². The number of amides is 1. The number of para-hydroxylation sites is 1. The molecule has 2 atom stereocenters. The fourth-order valence-corrected chi connectivity index (χ4v) is 5.24. The van der Waals surface area contributed by atoms with E-state index < -0.39 is 18.1 Å². The van der Waals surface area contributed by atoms with Gasteiger partial charge in [0.1, 0.15) is 6.04 Å². The number of carbonyl (C=O) groups excluding carboxylic acids is 1. The predicted molar refractivity (Wildman–Crippen MR) is 131 cm³/mol. The van der Waals surface area contributed by atoms with Gasteiger partial charge in [-0.2, -0.15) is 0 Å². The largest absolute Gasteiger partial charge is 0.480 e. The van der Waals surface area contributed by atoms with Crippen LogP contribution < -0.4 is 16.0 Å². The van der Waals surface area contributed by atoms with Crippen LogP contribution in [0, 0.1) is 5.92 Å². The molecule has 6 heteroatoms. The Bertz CT molecular complexity index is 953. The van der Waals surface area contributed by atoms with Gasteiger partial charge < -0.3 is 15.7 Å². The summed E-state index contributed by atoms with van der Waals surface area (Å²) in [6.45, 7) is 0.425. The molecule has 6 nitrogen and oxygen atoms in total. The first-order valence-electron chi connectivity index (χ1n) is 12.2. The Morgan fingerprint density at radius 2 is 1.79 bits per heavy atom. The number of aliphatic carboxylic acids is 1. The van der Waals surface area contributed by atoms with E-state index >= 15 is 0 Å². The monoisotopic (exact) mass is 449 g/mol. The van der Waals surface area contributed by atoms with Crippen molar-refractivity contribution in [2.45, 2.75) is 76.4 Å². The summed E-state index contributed by atoms with van der Waals surface area (Å²) in [7, 11) is 0. The minimum Gasteiger partial charge on any atom is -0.480 e. The molecule has 0 radical (unpaired) electrons. The summed E-state index contributed by atoms with van der Waals surface area (Å²) in [5, 5.41) is 13.1. The van der Waals surface area contributed by atoms with Crippen molar-refractivity contribution in [2.24, 2.45) is 5.92 Å². The standard InChI is InChI=1S/C27H35N3O3/c28-22-14-10-20(11-15-22)18-30-25-9-5-4-8-21(25)13-17-23(26(30)31)29-24(27(32)33)16-12-19-6-2-1-3-7-19/h4-5,8-11,14-15,19,23-24,29H,1-3,6-7,12-13,16-18,28H2,(H,32,33)/t23?,24-/m1/s1. The smallest absolute Gasteiger partial charge is 0.320 e. The van der Waals surface area contributed by atoms with Crippen molar-refractivity contribution in [3.05, 3.63) is 59.7 Å². The molecule has 1 aliphatic carbocycles. The summed E-state index contributed by atoms with van der Waals surface area (Å²) in [4.78, 5) is 27.5. The van der Waals surface area contributed by atoms with Crippen LogP contribution in [0.5, 0.6) is 0 Å². The third kappa shape index (κ3) is 5.93. The summed E-state index contributed by atoms with van der Waals surface area (Å²) < 4.78 is 0. The van der Waals surface area contributed by atoms with Crippen molar-refractivity contribution in [3.8, 4) is 0 Å². The first kappa shape index (κ1) is 23.3. The summed E-state index contributed by atoms with van der Waals surface area (Å²) in [5.74, 6) is -0.329. The number of carboxylic acid groups (broad SMARTS) is 1. The summed E-state index contributed by atoms with van der Waals surface area (Å²) >= 11 is 0. The van der Waals surface area contributed by atoms with Gasteiger partial charge in [-0.1, -0.05) is 62.4 Å². The number of anilines is 2. The summed E-state index contributed by atoms with van der Waals surface area (Å²) in [5.41, 5.74) is 9.51. The second-order valence-corrected chi connectivity index (χ2v) is 9.52. The normalized spacial score (nSPS) is 20.2. The van der Waals surface area contributed by atoms with Crippen LogP contribution in [0.15, 0.2) is 48.5 Å². The average molecular weight is 450 g/mol. The van der Waals surface area contributed by atoms with E-state index in [4.69, 9.17) is 5.73 Å². The molecule has 0 aromatic heterocycles. The Kier molecular flexibility index (Phi) is 7.65. The van der Waals surface area contributed by atoms with Crippen LogP contribution >= 0.6 is 0 Å². The number of carboxylic acids is 1. The van der Waals surface area contributed by atoms with Gasteiger partial charge in [-0.25, -0.2) is 0 Å². The molecule has 2 aliphatic rings. The number of nitrogens with zero attached hydrogens (tertiary/aromatic N) is 1. The highest BCUT2D eigenvalue weighted by Crippen LogP contribution is 2.30. The molecular formula is C27H35N3O3. The highest BCUT2D eigenvalue weighted by atomic mass is 16.4. The fraction of sp³-hybridized carbons (Fsp3) is 0.481. The maximum absolute atomic E-state index is 13.7. The lowest BCUT2D eigenvalue weighted by molar-refractivity contribution is -0.140. The molecule has 0 bridgehead atoms. The van der Waals surface area contributed by atoms with Crippen LogP contribution in [-0.4, -0.2) is 29.1 Å². The van der Waals surface area contributed by atoms with Crippen molar-refractivity contribution in [3.63, 3.8) is 0 Å². The lowest BCUT2D eigenvalue weighted by atomic mass is 9.85. The highest BCUT2D eigenvalue weighted by molar-refractivity contribution is 5.98. The number of nitrogens with two attached hydrogens (primary N) is 1. The number of rotatable bonds is 8. The molecule has 1 fully saturated rings. The van der Waals surface area contributed by atoms with Crippen LogP contribution in [0.25, 0.3) is 0 Å². The number of benzene rings is 2. The van der Waals surface area contributed by atoms with Crippen LogP contribution in [0.4, 0.5) is 11.4 Å². The van der Waals surface area contributed by atoms with Crippen molar-refractivity contribution in [2.75, 3.05) is 10.6 Å². The number of fused-ring (bicyclic) bond motifs is 1. The summed E-state index contributed by atoms with van der Waals surface area (Å²) in [6, 6.07) is 14.3. The van der Waals surface area contributed by atoms with Gasteiger partial charge in [0, 0.05) is 11.4 Å². The van der Waals surface area contributed by atoms with Crippen molar-refractivity contribution in [1.82, 2.24) is 5.32 Å². The number of hydrogen-bond acceptors (Lipinski definition) is 4. The minimum absolute atomic E-state index is 0.0688. The Balaban J connectivity index is 1.51. The quantitative estimate of drug-likeness (QED) is 0.515. The zero-order valence-electron chi connectivity index (χ0n) is 19.2. The van der Waals surface area contributed by atoms with E-state index in [0.29, 0.717) is 31.0 Å². The fourth-order valence-electron chi connectivity index (χ4n) is 5.24. The maximum Gasteiger partial charge on any atom is 0.320 e. The van der Waals surface area contributed by atoms with Gasteiger partial charge in [-0.05, 0) is 60.9 Å². The lowest BCUT2D eigenvalue weighted by Gasteiger charge is -2.29. The van der Waals surface area contributed by atoms with Crippen molar-refractivity contribution < 1.29 is 14.7 Å². The van der Waals surface area contributed by atoms with Crippen LogP contribution in [0.1, 0.15) is 62.5 Å². The van der Waals surface area contributed by atoms with Gasteiger partial charge in [0.05, 0.1) is 12.6 Å². The Morgan fingerprint density at radius 3 is 2.52 bits per heavy atom. The van der Waals surface area contributed by atoms with Crippen LogP contribution in [0.2, 0.25) is 0 Å². The molecule has 1 saturated carbocycles. The van der Waals surface area contributed by atoms with Crippen molar-refractivity contribution >= 4 is 23.3 Å². The number of nitrogen functional groups attached to an aromatic ring is 1. The zero-order chi connectivity index (χ0) is 23.2. The number of nitrogens with one attached hydrogen (secondary N) is 1. The van der Waals surface area contributed by atoms with E-state index in [2.05, 4.69) is 11.4 Å². The second-order valence-electron chi connectivity index (χ2n) is 9.52. The van der Waals surface area contributed by atoms with E-state index in [1.54, 1.807) is 4.90 Å². The SMILES string of the molecule is Nc1ccc(CN2C(=O)C(N[C@H](CCC3CCCCC3)C(=O)O)CCc3ccccc32)cc1. The Morgan fingerprint density at radius 1 is 1.06 bits per heavy atom. The first-order chi connectivity index (χ1) is 16.0. The molecule has 1 heterocycles. The molecule has 2 aromatic carbocycles. The zero-order valence-corrected chi connectivity index (χ0v) is 19.2. The van der Waals surface area contributed by atoms with Gasteiger partial charge in [-0.3, -0.25) is 14.9 Å². The molecule has 2 aromatic rings. The number of carbonyl (C=O) groups is 2. The Labute approximate surface area is 196 Å². The van der Waals surface area contributed by atoms with Gasteiger partial charge in [0.25, 0.3) is 0 Å². The van der Waals surface area contributed by atoms with E-state index in [1.165, 1.54) is 32.1 Å². The first-order valence-corrected chi connectivity index (χ1v) is 12.2. The molecule has 4 rings (SSSR count). The molecule has 1 unspecified atom stereocenters. The molecule has 0 spiro atoms.